The molecule has 188 valence electrons. The summed E-state index contributed by atoms with van der Waals surface area (Å²) in [6, 6.07) is 3.87. The fourth-order valence-electron chi connectivity index (χ4n) is 5.90. The molecule has 10 nitrogen and oxygen atoms in total. The van der Waals surface area contributed by atoms with Crippen LogP contribution in [0.2, 0.25) is 0 Å². The zero-order chi connectivity index (χ0) is 24.4. The van der Waals surface area contributed by atoms with Gasteiger partial charge in [0.05, 0.1) is 11.5 Å². The summed E-state index contributed by atoms with van der Waals surface area (Å²) >= 11 is 0. The molecule has 2 amide bonds. The molecule has 3 saturated heterocycles. The fraction of sp³-hybridized carbons (Fsp3) is 0.640. The molecule has 0 aliphatic carbocycles. The van der Waals surface area contributed by atoms with Crippen LogP contribution in [0.4, 0.5) is 5.82 Å². The molecular formula is C25H35N7O3. The molecule has 3 aliphatic heterocycles. The summed E-state index contributed by atoms with van der Waals surface area (Å²) in [6.45, 7) is 6.32. The smallest absolute Gasteiger partial charge is 0.259 e. The number of carbonyl (C=O) groups excluding carboxylic acids is 2. The van der Waals surface area contributed by atoms with Gasteiger partial charge in [-0.1, -0.05) is 11.6 Å². The summed E-state index contributed by atoms with van der Waals surface area (Å²) in [5.74, 6) is 1.77. The van der Waals surface area contributed by atoms with Gasteiger partial charge in [-0.05, 0) is 70.7 Å². The molecular weight excluding hydrogens is 446 g/mol. The van der Waals surface area contributed by atoms with Gasteiger partial charge >= 0.3 is 0 Å². The van der Waals surface area contributed by atoms with E-state index in [9.17, 15) is 9.59 Å². The Hall–Kier alpha value is -3.01. The van der Waals surface area contributed by atoms with E-state index >= 15 is 0 Å². The van der Waals surface area contributed by atoms with E-state index < -0.39 is 5.54 Å². The third kappa shape index (κ3) is 4.76. The Balaban J connectivity index is 1.21. The number of aromatic nitrogens is 3. The maximum Gasteiger partial charge on any atom is 0.259 e. The largest absolute Gasteiger partial charge is 0.368 e. The second kappa shape index (κ2) is 9.93. The van der Waals surface area contributed by atoms with Crippen molar-refractivity contribution >= 4 is 17.6 Å². The maximum absolute atomic E-state index is 13.5. The van der Waals surface area contributed by atoms with Crippen molar-refractivity contribution in [2.45, 2.75) is 57.4 Å². The number of pyridine rings is 1. The molecule has 3 fully saturated rings. The van der Waals surface area contributed by atoms with Crippen LogP contribution in [-0.2, 0) is 9.59 Å². The third-order valence-corrected chi connectivity index (χ3v) is 7.94. The fourth-order valence-corrected chi connectivity index (χ4v) is 5.90. The number of primary amides is 1. The Kier molecular flexibility index (Phi) is 6.73. The molecule has 0 aromatic carbocycles. The first kappa shape index (κ1) is 23.7. The number of nitrogens with two attached hydrogens (primary N) is 1. The van der Waals surface area contributed by atoms with Gasteiger partial charge in [-0.3, -0.25) is 14.5 Å². The van der Waals surface area contributed by atoms with Crippen LogP contribution in [0.3, 0.4) is 0 Å². The lowest BCUT2D eigenvalue weighted by Crippen LogP contribution is -2.64. The minimum Gasteiger partial charge on any atom is -0.368 e. The number of likely N-dealkylation sites (tertiary alicyclic amines) is 2. The van der Waals surface area contributed by atoms with Crippen molar-refractivity contribution in [3.63, 3.8) is 0 Å². The summed E-state index contributed by atoms with van der Waals surface area (Å²) in [7, 11) is 0. The van der Waals surface area contributed by atoms with E-state index in [1.807, 2.05) is 17.0 Å². The van der Waals surface area contributed by atoms with Gasteiger partial charge in [0.2, 0.25) is 11.8 Å². The highest BCUT2D eigenvalue weighted by atomic mass is 16.5. The first-order chi connectivity index (χ1) is 17.0. The van der Waals surface area contributed by atoms with Crippen molar-refractivity contribution in [1.29, 1.82) is 0 Å². The van der Waals surface area contributed by atoms with Crippen LogP contribution in [0.1, 0.15) is 50.8 Å². The average molecular weight is 482 g/mol. The van der Waals surface area contributed by atoms with Gasteiger partial charge in [0.15, 0.2) is 5.82 Å². The number of anilines is 1. The minimum absolute atomic E-state index is 0.0696. The molecule has 5 rings (SSSR count). The minimum atomic E-state index is -0.599. The molecule has 5 heterocycles. The van der Waals surface area contributed by atoms with Gasteiger partial charge < -0.3 is 20.1 Å². The molecule has 10 heteroatoms. The van der Waals surface area contributed by atoms with E-state index in [2.05, 4.69) is 24.9 Å². The Labute approximate surface area is 205 Å². The first-order valence-electron chi connectivity index (χ1n) is 12.8. The molecule has 0 spiro atoms. The van der Waals surface area contributed by atoms with Crippen LogP contribution in [0.25, 0.3) is 11.5 Å². The van der Waals surface area contributed by atoms with E-state index in [-0.39, 0.29) is 17.7 Å². The molecule has 2 N–H and O–H groups in total. The van der Waals surface area contributed by atoms with Crippen LogP contribution < -0.4 is 10.6 Å². The highest BCUT2D eigenvalue weighted by Gasteiger charge is 2.46. The Morgan fingerprint density at radius 1 is 1.06 bits per heavy atom. The normalized spacial score (nSPS) is 23.3. The predicted molar refractivity (Wildman–Crippen MR) is 130 cm³/mol. The zero-order valence-electron chi connectivity index (χ0n) is 20.5. The number of carbonyl (C=O) groups is 2. The van der Waals surface area contributed by atoms with E-state index in [0.717, 1.165) is 56.7 Å². The zero-order valence-corrected chi connectivity index (χ0v) is 20.5. The average Bonchev–Trinajstić information content (AvgIpc) is 3.35. The van der Waals surface area contributed by atoms with Gasteiger partial charge in [0.1, 0.15) is 11.4 Å². The molecule has 1 unspecified atom stereocenters. The van der Waals surface area contributed by atoms with Crippen molar-refractivity contribution in [3.8, 4) is 11.5 Å². The summed E-state index contributed by atoms with van der Waals surface area (Å²) in [6.07, 6.45) is 8.24. The van der Waals surface area contributed by atoms with Crippen LogP contribution in [0.15, 0.2) is 22.9 Å². The number of piperidine rings is 3. The van der Waals surface area contributed by atoms with Crippen molar-refractivity contribution in [1.82, 2.24) is 24.9 Å². The summed E-state index contributed by atoms with van der Waals surface area (Å²) in [5, 5.41) is 3.83. The molecule has 0 saturated carbocycles. The monoisotopic (exact) mass is 481 g/mol. The van der Waals surface area contributed by atoms with Gasteiger partial charge in [-0.15, -0.1) is 0 Å². The Bertz CT molecular complexity index is 1040. The van der Waals surface area contributed by atoms with E-state index in [1.54, 1.807) is 13.1 Å². The number of nitrogens with zero attached hydrogens (tertiary/aromatic N) is 6. The van der Waals surface area contributed by atoms with Crippen LogP contribution >= 0.6 is 0 Å². The lowest BCUT2D eigenvalue weighted by molar-refractivity contribution is -0.144. The van der Waals surface area contributed by atoms with Crippen molar-refractivity contribution in [2.24, 2.45) is 11.7 Å². The molecule has 2 aromatic heterocycles. The second-order valence-electron chi connectivity index (χ2n) is 10.1. The highest BCUT2D eigenvalue weighted by molar-refractivity contribution is 5.86. The molecule has 35 heavy (non-hydrogen) atoms. The number of hydrogen-bond donors (Lipinski definition) is 1. The van der Waals surface area contributed by atoms with Crippen LogP contribution in [0.5, 0.6) is 0 Å². The quantitative estimate of drug-likeness (QED) is 0.688. The molecule has 1 atom stereocenters. The first-order valence-corrected chi connectivity index (χ1v) is 12.8. The number of rotatable bonds is 5. The van der Waals surface area contributed by atoms with Gasteiger partial charge in [0.25, 0.3) is 5.89 Å². The van der Waals surface area contributed by atoms with E-state index in [4.69, 9.17) is 10.3 Å². The lowest BCUT2D eigenvalue weighted by atomic mass is 9.82. The van der Waals surface area contributed by atoms with Crippen molar-refractivity contribution < 1.29 is 14.1 Å². The van der Waals surface area contributed by atoms with Gasteiger partial charge in [-0.25, -0.2) is 4.98 Å². The van der Waals surface area contributed by atoms with Crippen LogP contribution in [0, 0.1) is 12.8 Å². The predicted octanol–water partition coefficient (Wildman–Crippen LogP) is 1.99. The standard InChI is InChI=1S/C25H35N7O3/c1-18-28-22(35-29-18)19-7-8-21(27-16-19)31-11-5-6-20(17-31)23(33)30-14-9-25(10-15-30,24(26)34)32-12-3-2-4-13-32/h7-8,16,20H,2-6,9-15,17H2,1H3,(H2,26,34). The van der Waals surface area contributed by atoms with E-state index in [1.165, 1.54) is 6.42 Å². The molecule has 0 bridgehead atoms. The maximum atomic E-state index is 13.5. The van der Waals surface area contributed by atoms with Crippen molar-refractivity contribution in [2.75, 3.05) is 44.2 Å². The number of amides is 2. The Morgan fingerprint density at radius 2 is 1.83 bits per heavy atom. The Morgan fingerprint density at radius 3 is 2.46 bits per heavy atom. The SMILES string of the molecule is Cc1noc(-c2ccc(N3CCCC(C(=O)N4CCC(C(N)=O)(N5CCCCC5)CC4)C3)nc2)n1. The topological polar surface area (TPSA) is 122 Å². The summed E-state index contributed by atoms with van der Waals surface area (Å²) in [4.78, 5) is 41.2. The number of aryl methyl sites for hydroxylation is 1. The molecule has 0 radical (unpaired) electrons. The number of hydrogen-bond acceptors (Lipinski definition) is 8. The summed E-state index contributed by atoms with van der Waals surface area (Å²) < 4.78 is 5.22. The van der Waals surface area contributed by atoms with Crippen molar-refractivity contribution in [3.05, 3.63) is 24.2 Å². The van der Waals surface area contributed by atoms with E-state index in [0.29, 0.717) is 44.2 Å². The third-order valence-electron chi connectivity index (χ3n) is 7.94. The second-order valence-corrected chi connectivity index (χ2v) is 10.1. The van der Waals surface area contributed by atoms with Gasteiger partial charge in [-0.2, -0.15) is 4.98 Å². The summed E-state index contributed by atoms with van der Waals surface area (Å²) in [5.41, 5.74) is 6.10. The highest BCUT2D eigenvalue weighted by Crippen LogP contribution is 2.33. The molecule has 2 aromatic rings. The molecule has 3 aliphatic rings. The lowest BCUT2D eigenvalue weighted by Gasteiger charge is -2.48. The van der Waals surface area contributed by atoms with Gasteiger partial charge in [0, 0.05) is 32.4 Å². The van der Waals surface area contributed by atoms with Crippen LogP contribution in [-0.4, -0.2) is 81.5 Å².